The smallest absolute Gasteiger partial charge is 0.276 e. The Balaban J connectivity index is 1.53. The quantitative estimate of drug-likeness (QED) is 0.849. The highest BCUT2D eigenvalue weighted by Gasteiger charge is 2.33. The maximum Gasteiger partial charge on any atom is 0.276 e. The number of aryl methyl sites for hydroxylation is 1. The van der Waals surface area contributed by atoms with Gasteiger partial charge in [-0.2, -0.15) is 0 Å². The first-order valence-electron chi connectivity index (χ1n) is 8.27. The van der Waals surface area contributed by atoms with Gasteiger partial charge >= 0.3 is 0 Å². The molecular formula is C17H21N3O2S. The minimum atomic E-state index is 0.0132. The van der Waals surface area contributed by atoms with Crippen LogP contribution in [0.2, 0.25) is 0 Å². The van der Waals surface area contributed by atoms with Crippen LogP contribution in [0.1, 0.15) is 35.5 Å². The molecule has 0 aromatic carbocycles. The van der Waals surface area contributed by atoms with Gasteiger partial charge in [-0.25, -0.2) is 4.98 Å². The fourth-order valence-electron chi connectivity index (χ4n) is 3.59. The summed E-state index contributed by atoms with van der Waals surface area (Å²) in [6, 6.07) is 4.44. The molecule has 0 spiro atoms. The lowest BCUT2D eigenvalue weighted by Crippen LogP contribution is -2.56. The van der Waals surface area contributed by atoms with Crippen molar-refractivity contribution >= 4 is 17.2 Å². The van der Waals surface area contributed by atoms with Gasteiger partial charge in [0.25, 0.3) is 5.91 Å². The van der Waals surface area contributed by atoms with E-state index in [1.54, 1.807) is 11.3 Å². The fraction of sp³-hybridized carbons (Fsp3) is 0.529. The first kappa shape index (κ1) is 14.9. The topological polar surface area (TPSA) is 49.6 Å². The molecule has 0 bridgehead atoms. The van der Waals surface area contributed by atoms with Crippen molar-refractivity contribution in [2.45, 2.75) is 32.2 Å². The highest BCUT2D eigenvalue weighted by atomic mass is 32.1. The third kappa shape index (κ3) is 2.81. The van der Waals surface area contributed by atoms with Crippen molar-refractivity contribution in [2.24, 2.45) is 0 Å². The van der Waals surface area contributed by atoms with E-state index in [-0.39, 0.29) is 5.91 Å². The average Bonchev–Trinajstić information content (AvgIpc) is 3.23. The summed E-state index contributed by atoms with van der Waals surface area (Å²) >= 11 is 1.57. The summed E-state index contributed by atoms with van der Waals surface area (Å²) in [4.78, 5) is 22.8. The molecule has 4 rings (SSSR count). The number of nitrogens with zero attached hydrogens (tertiary/aromatic N) is 3. The number of thiophene rings is 1. The van der Waals surface area contributed by atoms with Gasteiger partial charge in [0.15, 0.2) is 5.69 Å². The SMILES string of the molecule is Cc1oc(-c2cccs2)nc1C(=O)N1CCN2CCCCC2C1. The number of rotatable bonds is 2. The Kier molecular flexibility index (Phi) is 3.95. The molecule has 1 unspecified atom stereocenters. The molecule has 2 saturated heterocycles. The predicted octanol–water partition coefficient (Wildman–Crippen LogP) is 3.02. The van der Waals surface area contributed by atoms with Crippen LogP contribution in [0.3, 0.4) is 0 Å². The van der Waals surface area contributed by atoms with Crippen LogP contribution in [-0.4, -0.2) is 52.9 Å². The minimum absolute atomic E-state index is 0.0132. The van der Waals surface area contributed by atoms with Crippen LogP contribution in [0.5, 0.6) is 0 Å². The normalized spacial score (nSPS) is 22.1. The number of carbonyl (C=O) groups excluding carboxylic acids is 1. The van der Waals surface area contributed by atoms with E-state index >= 15 is 0 Å². The summed E-state index contributed by atoms with van der Waals surface area (Å²) in [5.41, 5.74) is 0.470. The molecular weight excluding hydrogens is 310 g/mol. The molecule has 0 saturated carbocycles. The second kappa shape index (κ2) is 6.09. The largest absolute Gasteiger partial charge is 0.440 e. The van der Waals surface area contributed by atoms with E-state index in [1.165, 1.54) is 25.8 Å². The zero-order valence-electron chi connectivity index (χ0n) is 13.3. The minimum Gasteiger partial charge on any atom is -0.440 e. The number of hydrogen-bond acceptors (Lipinski definition) is 5. The molecule has 122 valence electrons. The van der Waals surface area contributed by atoms with E-state index in [0.29, 0.717) is 23.4 Å². The highest BCUT2D eigenvalue weighted by molar-refractivity contribution is 7.13. The van der Waals surface area contributed by atoms with E-state index in [9.17, 15) is 4.79 Å². The number of carbonyl (C=O) groups is 1. The van der Waals surface area contributed by atoms with E-state index in [1.807, 2.05) is 29.3 Å². The van der Waals surface area contributed by atoms with Gasteiger partial charge in [0.05, 0.1) is 4.88 Å². The first-order chi connectivity index (χ1) is 11.2. The Hall–Kier alpha value is -1.66. The number of oxazole rings is 1. The molecule has 2 aliphatic heterocycles. The van der Waals surface area contributed by atoms with Crippen molar-refractivity contribution in [2.75, 3.05) is 26.2 Å². The molecule has 0 N–H and O–H groups in total. The van der Waals surface area contributed by atoms with Crippen molar-refractivity contribution in [1.82, 2.24) is 14.8 Å². The Labute approximate surface area is 139 Å². The lowest BCUT2D eigenvalue weighted by molar-refractivity contribution is 0.0367. The Morgan fingerprint density at radius 1 is 1.35 bits per heavy atom. The molecule has 6 heteroatoms. The van der Waals surface area contributed by atoms with Crippen LogP contribution in [0, 0.1) is 6.92 Å². The van der Waals surface area contributed by atoms with E-state index < -0.39 is 0 Å². The van der Waals surface area contributed by atoms with Crippen LogP contribution in [0.15, 0.2) is 21.9 Å². The average molecular weight is 331 g/mol. The molecule has 2 aliphatic rings. The van der Waals surface area contributed by atoms with Gasteiger partial charge in [-0.05, 0) is 37.8 Å². The monoisotopic (exact) mass is 331 g/mol. The molecule has 1 atom stereocenters. The molecule has 1 amide bonds. The molecule has 4 heterocycles. The number of amides is 1. The summed E-state index contributed by atoms with van der Waals surface area (Å²) in [7, 11) is 0. The van der Waals surface area contributed by atoms with Gasteiger partial charge in [0.2, 0.25) is 5.89 Å². The van der Waals surface area contributed by atoms with Gasteiger partial charge in [0.1, 0.15) is 5.76 Å². The third-order valence-electron chi connectivity index (χ3n) is 4.86. The number of piperidine rings is 1. The zero-order chi connectivity index (χ0) is 15.8. The van der Waals surface area contributed by atoms with Gasteiger partial charge < -0.3 is 9.32 Å². The maximum atomic E-state index is 12.9. The number of piperazine rings is 1. The Bertz CT molecular complexity index is 695. The molecule has 2 fully saturated rings. The van der Waals surface area contributed by atoms with Crippen LogP contribution in [0.4, 0.5) is 0 Å². The van der Waals surface area contributed by atoms with Crippen molar-refractivity contribution in [3.05, 3.63) is 29.0 Å². The van der Waals surface area contributed by atoms with Crippen molar-refractivity contribution < 1.29 is 9.21 Å². The lowest BCUT2D eigenvalue weighted by Gasteiger charge is -2.43. The van der Waals surface area contributed by atoms with Crippen LogP contribution < -0.4 is 0 Å². The second-order valence-corrected chi connectivity index (χ2v) is 7.29. The number of hydrogen-bond donors (Lipinski definition) is 0. The Morgan fingerprint density at radius 2 is 2.26 bits per heavy atom. The molecule has 5 nitrogen and oxygen atoms in total. The highest BCUT2D eigenvalue weighted by Crippen LogP contribution is 2.27. The first-order valence-corrected chi connectivity index (χ1v) is 9.15. The fourth-order valence-corrected chi connectivity index (χ4v) is 4.24. The zero-order valence-corrected chi connectivity index (χ0v) is 14.1. The van der Waals surface area contributed by atoms with Gasteiger partial charge in [-0.15, -0.1) is 11.3 Å². The van der Waals surface area contributed by atoms with Gasteiger partial charge in [-0.1, -0.05) is 12.5 Å². The molecule has 0 aliphatic carbocycles. The van der Waals surface area contributed by atoms with E-state index in [2.05, 4.69) is 9.88 Å². The number of aromatic nitrogens is 1. The number of fused-ring (bicyclic) bond motifs is 1. The standard InChI is InChI=1S/C17H21N3O2S/c1-12-15(18-16(22-12)14-6-4-10-23-14)17(21)20-9-8-19-7-3-2-5-13(19)11-20/h4,6,10,13H,2-3,5,7-9,11H2,1H3. The van der Waals surface area contributed by atoms with E-state index in [4.69, 9.17) is 4.42 Å². The molecule has 23 heavy (non-hydrogen) atoms. The van der Waals surface area contributed by atoms with E-state index in [0.717, 1.165) is 24.5 Å². The summed E-state index contributed by atoms with van der Waals surface area (Å²) in [5, 5.41) is 1.98. The summed E-state index contributed by atoms with van der Waals surface area (Å²) in [5.74, 6) is 1.18. The van der Waals surface area contributed by atoms with Gasteiger partial charge in [0, 0.05) is 25.7 Å². The van der Waals surface area contributed by atoms with Crippen molar-refractivity contribution in [3.8, 4) is 10.8 Å². The molecule has 0 radical (unpaired) electrons. The molecule has 2 aromatic rings. The second-order valence-electron chi connectivity index (χ2n) is 6.34. The summed E-state index contributed by atoms with van der Waals surface area (Å²) < 4.78 is 5.72. The summed E-state index contributed by atoms with van der Waals surface area (Å²) in [6.45, 7) is 5.59. The molecule has 2 aromatic heterocycles. The predicted molar refractivity (Wildman–Crippen MR) is 89.7 cm³/mol. The third-order valence-corrected chi connectivity index (χ3v) is 5.71. The van der Waals surface area contributed by atoms with Gasteiger partial charge in [-0.3, -0.25) is 9.69 Å². The van der Waals surface area contributed by atoms with Crippen LogP contribution in [-0.2, 0) is 0 Å². The summed E-state index contributed by atoms with van der Waals surface area (Å²) in [6.07, 6.45) is 3.76. The lowest BCUT2D eigenvalue weighted by atomic mass is 9.99. The van der Waals surface area contributed by atoms with Crippen LogP contribution >= 0.6 is 11.3 Å². The Morgan fingerprint density at radius 3 is 3.09 bits per heavy atom. The van der Waals surface area contributed by atoms with Crippen LogP contribution in [0.25, 0.3) is 10.8 Å². The van der Waals surface area contributed by atoms with Crippen molar-refractivity contribution in [3.63, 3.8) is 0 Å². The van der Waals surface area contributed by atoms with Crippen molar-refractivity contribution in [1.29, 1.82) is 0 Å². The maximum absolute atomic E-state index is 12.9.